The van der Waals surface area contributed by atoms with Crippen LogP contribution in [-0.4, -0.2) is 38.0 Å². The molecule has 0 aliphatic rings. The van der Waals surface area contributed by atoms with E-state index < -0.39 is 25.3 Å². The predicted octanol–water partition coefficient (Wildman–Crippen LogP) is -0.00710. The van der Waals surface area contributed by atoms with E-state index in [-0.39, 0.29) is 13.2 Å². The lowest BCUT2D eigenvalue weighted by molar-refractivity contribution is -0.118. The lowest BCUT2D eigenvalue weighted by atomic mass is 10.6. The Hall–Kier alpha value is -1.11. The van der Waals surface area contributed by atoms with Crippen LogP contribution in [-0.2, 0) is 18.4 Å². The summed E-state index contributed by atoms with van der Waals surface area (Å²) in [5.74, 6) is -2.50. The highest BCUT2D eigenvalue weighted by Crippen LogP contribution is 2.51. The van der Waals surface area contributed by atoms with E-state index >= 15 is 0 Å². The largest absolute Gasteiger partial charge is 0.367 e. The van der Waals surface area contributed by atoms with E-state index in [9.17, 15) is 14.2 Å². The molecule has 0 aromatic rings. The quantitative estimate of drug-likeness (QED) is 0.560. The van der Waals surface area contributed by atoms with Gasteiger partial charge in [0.1, 0.15) is 0 Å². The van der Waals surface area contributed by atoms with Crippen LogP contribution in [0.4, 0.5) is 4.79 Å². The average molecular weight is 267 g/mol. The standard InChI is InChI=1S/C8H18N3O5P/c1-4-15-17(14,16-5-2)7(6(9)12)11-8(13)10-3/h7H,4-5H2,1-3H3,(H2,9,12)(H2,10,11,13)/t7-/m1/s1. The molecule has 0 spiro atoms. The second-order valence-electron chi connectivity index (χ2n) is 2.90. The minimum Gasteiger partial charge on any atom is -0.367 e. The zero-order valence-electron chi connectivity index (χ0n) is 10.1. The van der Waals surface area contributed by atoms with Gasteiger partial charge in [0.15, 0.2) is 0 Å². The second kappa shape index (κ2) is 7.26. The smallest absolute Gasteiger partial charge is 0.362 e. The van der Waals surface area contributed by atoms with Gasteiger partial charge in [0.25, 0.3) is 5.91 Å². The Morgan fingerprint density at radius 1 is 1.29 bits per heavy atom. The van der Waals surface area contributed by atoms with Gasteiger partial charge in [0, 0.05) is 7.05 Å². The summed E-state index contributed by atoms with van der Waals surface area (Å²) < 4.78 is 22.1. The van der Waals surface area contributed by atoms with Crippen molar-refractivity contribution in [2.75, 3.05) is 20.3 Å². The van der Waals surface area contributed by atoms with Crippen LogP contribution >= 0.6 is 7.60 Å². The van der Waals surface area contributed by atoms with Gasteiger partial charge in [0.2, 0.25) is 5.78 Å². The number of carbonyl (C=O) groups is 2. The van der Waals surface area contributed by atoms with Crippen LogP contribution in [0.1, 0.15) is 13.8 Å². The summed E-state index contributed by atoms with van der Waals surface area (Å²) >= 11 is 0. The molecule has 3 amide bonds. The van der Waals surface area contributed by atoms with Crippen molar-refractivity contribution in [3.05, 3.63) is 0 Å². The highest BCUT2D eigenvalue weighted by molar-refractivity contribution is 7.55. The van der Waals surface area contributed by atoms with Crippen molar-refractivity contribution >= 4 is 19.5 Å². The molecule has 0 fully saturated rings. The van der Waals surface area contributed by atoms with Crippen molar-refractivity contribution in [1.82, 2.24) is 10.6 Å². The average Bonchev–Trinajstić information content (AvgIpc) is 2.25. The molecular weight excluding hydrogens is 249 g/mol. The molecule has 0 aliphatic carbocycles. The van der Waals surface area contributed by atoms with Crippen molar-refractivity contribution in [3.63, 3.8) is 0 Å². The van der Waals surface area contributed by atoms with E-state index in [1.54, 1.807) is 13.8 Å². The van der Waals surface area contributed by atoms with Gasteiger partial charge in [-0.1, -0.05) is 0 Å². The van der Waals surface area contributed by atoms with Crippen molar-refractivity contribution < 1.29 is 23.2 Å². The molecule has 0 rings (SSSR count). The van der Waals surface area contributed by atoms with Gasteiger partial charge < -0.3 is 25.4 Å². The lowest BCUT2D eigenvalue weighted by Gasteiger charge is -2.24. The number of rotatable bonds is 7. The third-order valence-corrected chi connectivity index (χ3v) is 3.95. The van der Waals surface area contributed by atoms with Crippen molar-refractivity contribution in [1.29, 1.82) is 0 Å². The number of hydrogen-bond acceptors (Lipinski definition) is 5. The van der Waals surface area contributed by atoms with Crippen LogP contribution in [0.25, 0.3) is 0 Å². The molecule has 17 heavy (non-hydrogen) atoms. The highest BCUT2D eigenvalue weighted by atomic mass is 31.2. The molecule has 0 unspecified atom stereocenters. The molecule has 4 N–H and O–H groups in total. The van der Waals surface area contributed by atoms with Gasteiger partial charge in [-0.25, -0.2) is 4.79 Å². The first kappa shape index (κ1) is 15.9. The van der Waals surface area contributed by atoms with E-state index in [2.05, 4.69) is 10.6 Å². The topological polar surface area (TPSA) is 120 Å². The molecule has 0 aliphatic heterocycles. The first-order chi connectivity index (χ1) is 7.91. The van der Waals surface area contributed by atoms with Crippen molar-refractivity contribution in [3.8, 4) is 0 Å². The summed E-state index contributed by atoms with van der Waals surface area (Å²) in [6, 6.07) is -0.701. The SMILES string of the molecule is CCOP(=O)(OCC)[C@@H](NC(=O)NC)C(N)=O. The Morgan fingerprint density at radius 2 is 1.76 bits per heavy atom. The molecule has 0 radical (unpaired) electrons. The highest BCUT2D eigenvalue weighted by Gasteiger charge is 2.41. The van der Waals surface area contributed by atoms with Crippen LogP contribution in [0.2, 0.25) is 0 Å². The zero-order valence-corrected chi connectivity index (χ0v) is 11.0. The zero-order chi connectivity index (χ0) is 13.5. The van der Waals surface area contributed by atoms with Crippen LogP contribution in [0.3, 0.4) is 0 Å². The number of amides is 3. The van der Waals surface area contributed by atoms with Crippen LogP contribution in [0, 0.1) is 0 Å². The summed E-state index contributed by atoms with van der Waals surface area (Å²) in [6.45, 7) is 3.31. The first-order valence-electron chi connectivity index (χ1n) is 5.07. The number of nitrogens with two attached hydrogens (primary N) is 1. The molecule has 9 heteroatoms. The van der Waals surface area contributed by atoms with Crippen LogP contribution < -0.4 is 16.4 Å². The molecule has 8 nitrogen and oxygen atoms in total. The summed E-state index contributed by atoms with van der Waals surface area (Å²) in [5, 5.41) is 4.36. The fraction of sp³-hybridized carbons (Fsp3) is 0.750. The fourth-order valence-electron chi connectivity index (χ4n) is 1.05. The first-order valence-corrected chi connectivity index (χ1v) is 6.68. The summed E-state index contributed by atoms with van der Waals surface area (Å²) in [5.41, 5.74) is 5.07. The minimum atomic E-state index is -3.80. The van der Waals surface area contributed by atoms with Crippen LogP contribution in [0.5, 0.6) is 0 Å². The second-order valence-corrected chi connectivity index (χ2v) is 5.02. The Morgan fingerprint density at radius 3 is 2.06 bits per heavy atom. The fourth-order valence-corrected chi connectivity index (χ4v) is 2.73. The maximum Gasteiger partial charge on any atom is 0.362 e. The van der Waals surface area contributed by atoms with Gasteiger partial charge in [0.05, 0.1) is 13.2 Å². The molecule has 100 valence electrons. The van der Waals surface area contributed by atoms with Gasteiger partial charge in [-0.05, 0) is 13.8 Å². The monoisotopic (exact) mass is 267 g/mol. The number of primary amides is 1. The van der Waals surface area contributed by atoms with Gasteiger partial charge >= 0.3 is 13.6 Å². The Labute approximate surface area is 99.7 Å². The molecule has 1 atom stereocenters. The number of hydrogen-bond donors (Lipinski definition) is 3. The van der Waals surface area contributed by atoms with Gasteiger partial charge in [-0.15, -0.1) is 0 Å². The number of carbonyl (C=O) groups excluding carboxylic acids is 2. The minimum absolute atomic E-state index is 0.0660. The van der Waals surface area contributed by atoms with E-state index in [4.69, 9.17) is 14.8 Å². The number of nitrogens with one attached hydrogen (secondary N) is 2. The Balaban J connectivity index is 5.03. The predicted molar refractivity (Wildman–Crippen MR) is 61.4 cm³/mol. The molecule has 0 saturated carbocycles. The molecule has 0 saturated heterocycles. The number of urea groups is 1. The molecule has 0 aromatic heterocycles. The molecular formula is C8H18N3O5P. The normalized spacial score (nSPS) is 12.9. The maximum absolute atomic E-state index is 12.2. The van der Waals surface area contributed by atoms with E-state index in [0.717, 1.165) is 0 Å². The third kappa shape index (κ3) is 4.72. The maximum atomic E-state index is 12.2. The van der Waals surface area contributed by atoms with Gasteiger partial charge in [-0.3, -0.25) is 9.36 Å². The van der Waals surface area contributed by atoms with Crippen molar-refractivity contribution in [2.45, 2.75) is 19.6 Å². The molecule has 0 heterocycles. The van der Waals surface area contributed by atoms with E-state index in [1.165, 1.54) is 7.05 Å². The van der Waals surface area contributed by atoms with E-state index in [0.29, 0.717) is 0 Å². The lowest BCUT2D eigenvalue weighted by Crippen LogP contribution is -2.48. The Kier molecular flexibility index (Phi) is 6.79. The summed E-state index contributed by atoms with van der Waals surface area (Å²) in [7, 11) is -2.45. The van der Waals surface area contributed by atoms with Gasteiger partial charge in [-0.2, -0.15) is 0 Å². The van der Waals surface area contributed by atoms with E-state index in [1.807, 2.05) is 0 Å². The van der Waals surface area contributed by atoms with Crippen molar-refractivity contribution in [2.24, 2.45) is 5.73 Å². The molecule has 0 aromatic carbocycles. The van der Waals surface area contributed by atoms with Crippen LogP contribution in [0.15, 0.2) is 0 Å². The Bertz CT molecular complexity index is 312. The summed E-state index contributed by atoms with van der Waals surface area (Å²) in [4.78, 5) is 22.3. The molecule has 0 bridgehead atoms. The third-order valence-electron chi connectivity index (χ3n) is 1.70. The summed E-state index contributed by atoms with van der Waals surface area (Å²) in [6.07, 6.45) is 0.